The quantitative estimate of drug-likeness (QED) is 0.847. The molecule has 120 valence electrons. The Morgan fingerprint density at radius 3 is 2.38 bits per heavy atom. The number of hydrogen-bond donors (Lipinski definition) is 1. The van der Waals surface area contributed by atoms with Crippen molar-refractivity contribution in [3.8, 4) is 0 Å². The van der Waals surface area contributed by atoms with Crippen LogP contribution < -0.4 is 5.32 Å². The van der Waals surface area contributed by atoms with Crippen LogP contribution in [-0.2, 0) is 0 Å². The van der Waals surface area contributed by atoms with Crippen LogP contribution in [0, 0.1) is 5.92 Å². The molecule has 21 heavy (non-hydrogen) atoms. The molecule has 0 saturated carbocycles. The second kappa shape index (κ2) is 7.77. The molecule has 1 aliphatic rings. The second-order valence-electron chi connectivity index (χ2n) is 6.42. The van der Waals surface area contributed by atoms with Crippen LogP contribution in [0.5, 0.6) is 0 Å². The normalized spacial score (nSPS) is 20.9. The minimum atomic E-state index is 0.241. The topological polar surface area (TPSA) is 31.6 Å². The van der Waals surface area contributed by atoms with Crippen LogP contribution in [-0.4, -0.2) is 55.6 Å². The summed E-state index contributed by atoms with van der Waals surface area (Å²) in [6, 6.07) is 4.81. The van der Waals surface area contributed by atoms with E-state index in [-0.39, 0.29) is 6.04 Å². The molecule has 1 N–H and O–H groups in total. The summed E-state index contributed by atoms with van der Waals surface area (Å²) >= 11 is 3.36. The zero-order valence-electron chi connectivity index (χ0n) is 13.6. The van der Waals surface area contributed by atoms with Gasteiger partial charge in [0.2, 0.25) is 0 Å². The largest absolute Gasteiger partial charge is 0.453 e. The van der Waals surface area contributed by atoms with Crippen LogP contribution in [0.1, 0.15) is 32.6 Å². The minimum Gasteiger partial charge on any atom is -0.453 e. The first-order chi connectivity index (χ1) is 9.97. The maximum absolute atomic E-state index is 5.63. The monoisotopic (exact) mass is 357 g/mol. The van der Waals surface area contributed by atoms with Crippen LogP contribution >= 0.6 is 15.9 Å². The molecule has 2 heterocycles. The fraction of sp³-hybridized carbons (Fsp3) is 0.750. The number of nitrogens with one attached hydrogen (secondary N) is 1. The van der Waals surface area contributed by atoms with Crippen LogP contribution in [0.4, 0.5) is 0 Å². The smallest absolute Gasteiger partial charge is 0.169 e. The fourth-order valence-corrected chi connectivity index (χ4v) is 3.22. The van der Waals surface area contributed by atoms with Crippen molar-refractivity contribution in [2.24, 2.45) is 5.92 Å². The predicted octanol–water partition coefficient (Wildman–Crippen LogP) is 2.96. The summed E-state index contributed by atoms with van der Waals surface area (Å²) in [4.78, 5) is 5.03. The molecule has 2 unspecified atom stereocenters. The van der Waals surface area contributed by atoms with E-state index in [0.717, 1.165) is 17.0 Å². The zero-order valence-corrected chi connectivity index (χ0v) is 15.2. The molecule has 0 bridgehead atoms. The first kappa shape index (κ1) is 17.0. The van der Waals surface area contributed by atoms with Gasteiger partial charge in [-0.05, 0) is 48.0 Å². The van der Waals surface area contributed by atoms with Gasteiger partial charge in [0.1, 0.15) is 5.76 Å². The summed E-state index contributed by atoms with van der Waals surface area (Å²) in [5.41, 5.74) is 0. The molecule has 1 aliphatic heterocycles. The van der Waals surface area contributed by atoms with Gasteiger partial charge in [-0.1, -0.05) is 13.8 Å². The molecule has 2 rings (SSSR count). The average Bonchev–Trinajstić information content (AvgIpc) is 2.87. The number of piperazine rings is 1. The van der Waals surface area contributed by atoms with Crippen molar-refractivity contribution >= 4 is 15.9 Å². The highest BCUT2D eigenvalue weighted by Crippen LogP contribution is 2.21. The highest BCUT2D eigenvalue weighted by Gasteiger charge is 2.25. The Kier molecular flexibility index (Phi) is 6.29. The number of furan rings is 1. The molecule has 0 radical (unpaired) electrons. The number of hydrogen-bond acceptors (Lipinski definition) is 4. The molecule has 1 aromatic heterocycles. The Bertz CT molecular complexity index is 427. The summed E-state index contributed by atoms with van der Waals surface area (Å²) in [7, 11) is 2.21. The van der Waals surface area contributed by atoms with Crippen molar-refractivity contribution in [3.05, 3.63) is 22.6 Å². The maximum Gasteiger partial charge on any atom is 0.169 e. The van der Waals surface area contributed by atoms with Crippen molar-refractivity contribution < 1.29 is 4.42 Å². The Morgan fingerprint density at radius 1 is 1.19 bits per heavy atom. The van der Waals surface area contributed by atoms with E-state index in [1.807, 2.05) is 12.1 Å². The molecule has 0 amide bonds. The fourth-order valence-electron chi connectivity index (χ4n) is 2.90. The molecule has 2 atom stereocenters. The highest BCUT2D eigenvalue weighted by molar-refractivity contribution is 9.10. The average molecular weight is 358 g/mol. The van der Waals surface area contributed by atoms with E-state index in [2.05, 4.69) is 58.9 Å². The summed E-state index contributed by atoms with van der Waals surface area (Å²) in [6.07, 6.45) is 0. The Morgan fingerprint density at radius 2 is 1.86 bits per heavy atom. The SMILES string of the molecule is CC(NCC(C(C)C)N1CCN(C)CC1)c1ccc(Br)o1. The predicted molar refractivity (Wildman–Crippen MR) is 90.5 cm³/mol. The van der Waals surface area contributed by atoms with Crippen molar-refractivity contribution in [1.29, 1.82) is 0 Å². The molecule has 4 nitrogen and oxygen atoms in total. The van der Waals surface area contributed by atoms with Gasteiger partial charge in [-0.25, -0.2) is 0 Å². The Hall–Kier alpha value is -0.360. The molecule has 1 saturated heterocycles. The Balaban J connectivity index is 1.88. The lowest BCUT2D eigenvalue weighted by atomic mass is 10.0. The first-order valence-electron chi connectivity index (χ1n) is 7.88. The number of nitrogens with zero attached hydrogens (tertiary/aromatic N) is 2. The zero-order chi connectivity index (χ0) is 15.4. The molecule has 0 aliphatic carbocycles. The molecular weight excluding hydrogens is 330 g/mol. The standard InChI is InChI=1S/C16H28BrN3O/c1-12(2)14(20-9-7-19(4)8-10-20)11-18-13(3)15-5-6-16(17)21-15/h5-6,12-14,18H,7-11H2,1-4H3. The molecule has 1 aromatic rings. The van der Waals surface area contributed by atoms with Crippen LogP contribution in [0.15, 0.2) is 21.2 Å². The van der Waals surface area contributed by atoms with Gasteiger partial charge in [0.05, 0.1) is 6.04 Å². The summed E-state index contributed by atoms with van der Waals surface area (Å²) < 4.78 is 6.43. The lowest BCUT2D eigenvalue weighted by Crippen LogP contribution is -2.53. The summed E-state index contributed by atoms with van der Waals surface area (Å²) in [6.45, 7) is 12.5. The van der Waals surface area contributed by atoms with Gasteiger partial charge >= 0.3 is 0 Å². The third-order valence-electron chi connectivity index (χ3n) is 4.43. The first-order valence-corrected chi connectivity index (χ1v) is 8.68. The van der Waals surface area contributed by atoms with Gasteiger partial charge in [0.15, 0.2) is 4.67 Å². The van der Waals surface area contributed by atoms with Gasteiger partial charge in [-0.3, -0.25) is 4.90 Å². The van der Waals surface area contributed by atoms with Crippen LogP contribution in [0.3, 0.4) is 0 Å². The number of halogens is 1. The van der Waals surface area contributed by atoms with Gasteiger partial charge in [0, 0.05) is 38.8 Å². The number of rotatable bonds is 6. The van der Waals surface area contributed by atoms with Gasteiger partial charge in [-0.15, -0.1) is 0 Å². The molecule has 1 fully saturated rings. The Labute approximate surface area is 137 Å². The van der Waals surface area contributed by atoms with Crippen LogP contribution in [0.2, 0.25) is 0 Å². The molecule has 0 spiro atoms. The molecular formula is C16H28BrN3O. The van der Waals surface area contributed by atoms with Crippen molar-refractivity contribution in [3.63, 3.8) is 0 Å². The van der Waals surface area contributed by atoms with Gasteiger partial charge in [-0.2, -0.15) is 0 Å². The van der Waals surface area contributed by atoms with Gasteiger partial charge in [0.25, 0.3) is 0 Å². The van der Waals surface area contributed by atoms with E-state index in [9.17, 15) is 0 Å². The van der Waals surface area contributed by atoms with E-state index in [4.69, 9.17) is 4.42 Å². The maximum atomic E-state index is 5.63. The number of likely N-dealkylation sites (N-methyl/N-ethyl adjacent to an activating group) is 1. The van der Waals surface area contributed by atoms with Gasteiger partial charge < -0.3 is 14.6 Å². The molecule has 5 heteroatoms. The molecule has 0 aromatic carbocycles. The third kappa shape index (κ3) is 4.81. The van der Waals surface area contributed by atoms with E-state index >= 15 is 0 Å². The van der Waals surface area contributed by atoms with E-state index < -0.39 is 0 Å². The van der Waals surface area contributed by atoms with Crippen molar-refractivity contribution in [2.45, 2.75) is 32.9 Å². The third-order valence-corrected chi connectivity index (χ3v) is 4.86. The highest BCUT2D eigenvalue weighted by atomic mass is 79.9. The van der Waals surface area contributed by atoms with Crippen molar-refractivity contribution in [2.75, 3.05) is 39.8 Å². The second-order valence-corrected chi connectivity index (χ2v) is 7.20. The van der Waals surface area contributed by atoms with Crippen molar-refractivity contribution in [1.82, 2.24) is 15.1 Å². The minimum absolute atomic E-state index is 0.241. The van der Waals surface area contributed by atoms with E-state index in [0.29, 0.717) is 12.0 Å². The van der Waals surface area contributed by atoms with E-state index in [1.54, 1.807) is 0 Å². The lowest BCUT2D eigenvalue weighted by molar-refractivity contribution is 0.0859. The summed E-state index contributed by atoms with van der Waals surface area (Å²) in [5, 5.41) is 3.63. The van der Waals surface area contributed by atoms with Crippen LogP contribution in [0.25, 0.3) is 0 Å². The van der Waals surface area contributed by atoms with E-state index in [1.165, 1.54) is 26.2 Å². The summed E-state index contributed by atoms with van der Waals surface area (Å²) in [5.74, 6) is 1.64. The lowest BCUT2D eigenvalue weighted by Gasteiger charge is -2.40.